The van der Waals surface area contributed by atoms with E-state index in [4.69, 9.17) is 9.97 Å². The number of hydrogen-bond acceptors (Lipinski definition) is 7. The fourth-order valence-electron chi connectivity index (χ4n) is 4.83. The number of nitrogens with one attached hydrogen (secondary N) is 1. The molecule has 4 heterocycles. The SMILES string of the molecule is CC(C)n1c(C2CC2)nc2c1-c1nc(Nc3ccc(N4CCN(C)CC4)cn3)ncc1C2. The van der Waals surface area contributed by atoms with Crippen LogP contribution in [0, 0.1) is 0 Å². The van der Waals surface area contributed by atoms with Gasteiger partial charge in [-0.2, -0.15) is 0 Å². The van der Waals surface area contributed by atoms with Crippen LogP contribution >= 0.6 is 0 Å². The van der Waals surface area contributed by atoms with Gasteiger partial charge in [0.1, 0.15) is 11.6 Å². The molecule has 0 unspecified atom stereocenters. The van der Waals surface area contributed by atoms with Gasteiger partial charge < -0.3 is 19.7 Å². The van der Waals surface area contributed by atoms with E-state index in [0.29, 0.717) is 17.9 Å². The Bertz CT molecular complexity index is 1140. The first-order valence-corrected chi connectivity index (χ1v) is 11.7. The zero-order chi connectivity index (χ0) is 21.8. The molecule has 2 aliphatic carbocycles. The summed E-state index contributed by atoms with van der Waals surface area (Å²) < 4.78 is 2.40. The van der Waals surface area contributed by atoms with Crippen LogP contribution in [0.5, 0.6) is 0 Å². The molecule has 8 nitrogen and oxygen atoms in total. The van der Waals surface area contributed by atoms with E-state index < -0.39 is 0 Å². The molecule has 1 saturated heterocycles. The molecule has 1 aliphatic heterocycles. The fraction of sp³-hybridized carbons (Fsp3) is 0.500. The van der Waals surface area contributed by atoms with Gasteiger partial charge in [0, 0.05) is 56.3 Å². The number of nitrogens with zero attached hydrogens (tertiary/aromatic N) is 7. The molecule has 1 saturated carbocycles. The Kier molecular flexibility index (Phi) is 4.64. The van der Waals surface area contributed by atoms with E-state index in [1.54, 1.807) is 0 Å². The number of pyridine rings is 1. The highest BCUT2D eigenvalue weighted by molar-refractivity contribution is 5.71. The summed E-state index contributed by atoms with van der Waals surface area (Å²) in [5.41, 5.74) is 5.66. The number of piperazine rings is 1. The third-order valence-electron chi connectivity index (χ3n) is 6.77. The minimum Gasteiger partial charge on any atom is -0.368 e. The minimum atomic E-state index is 0.364. The van der Waals surface area contributed by atoms with E-state index in [2.05, 4.69) is 56.6 Å². The summed E-state index contributed by atoms with van der Waals surface area (Å²) in [7, 11) is 2.17. The molecule has 166 valence electrons. The van der Waals surface area contributed by atoms with Gasteiger partial charge in [0.2, 0.25) is 5.95 Å². The Labute approximate surface area is 188 Å². The average Bonchev–Trinajstić information content (AvgIpc) is 3.48. The Morgan fingerprint density at radius 3 is 2.50 bits per heavy atom. The van der Waals surface area contributed by atoms with Crippen molar-refractivity contribution in [2.75, 3.05) is 43.4 Å². The van der Waals surface area contributed by atoms with E-state index in [0.717, 1.165) is 61.1 Å². The molecule has 3 aromatic heterocycles. The van der Waals surface area contributed by atoms with Crippen LogP contribution in [0.1, 0.15) is 55.7 Å². The highest BCUT2D eigenvalue weighted by atomic mass is 15.3. The maximum absolute atomic E-state index is 5.02. The number of fused-ring (bicyclic) bond motifs is 3. The highest BCUT2D eigenvalue weighted by Crippen LogP contribution is 2.45. The lowest BCUT2D eigenvalue weighted by molar-refractivity contribution is 0.313. The molecule has 6 rings (SSSR count). The Balaban J connectivity index is 1.25. The quantitative estimate of drug-likeness (QED) is 0.518. The van der Waals surface area contributed by atoms with Crippen LogP contribution < -0.4 is 10.2 Å². The summed E-state index contributed by atoms with van der Waals surface area (Å²) in [6.45, 7) is 8.71. The van der Waals surface area contributed by atoms with Gasteiger partial charge in [-0.05, 0) is 45.9 Å². The molecule has 0 bridgehead atoms. The summed E-state index contributed by atoms with van der Waals surface area (Å²) in [4.78, 5) is 23.8. The van der Waals surface area contributed by atoms with Gasteiger partial charge in [0.05, 0.1) is 29.0 Å². The third kappa shape index (κ3) is 3.43. The van der Waals surface area contributed by atoms with Crippen LogP contribution in [0.2, 0.25) is 0 Å². The minimum absolute atomic E-state index is 0.364. The van der Waals surface area contributed by atoms with E-state index in [1.165, 1.54) is 24.4 Å². The highest BCUT2D eigenvalue weighted by Gasteiger charge is 2.36. The first kappa shape index (κ1) is 19.7. The average molecular weight is 431 g/mol. The number of hydrogen-bond donors (Lipinski definition) is 1. The molecule has 32 heavy (non-hydrogen) atoms. The Morgan fingerprint density at radius 1 is 1.00 bits per heavy atom. The molecule has 2 fully saturated rings. The number of imidazole rings is 1. The lowest BCUT2D eigenvalue weighted by Crippen LogP contribution is -2.44. The first-order chi connectivity index (χ1) is 15.6. The van der Waals surface area contributed by atoms with Gasteiger partial charge in [-0.1, -0.05) is 0 Å². The number of likely N-dealkylation sites (N-methyl/N-ethyl adjacent to an activating group) is 1. The molecule has 0 radical (unpaired) electrons. The zero-order valence-electron chi connectivity index (χ0n) is 19.0. The monoisotopic (exact) mass is 430 g/mol. The number of rotatable bonds is 5. The predicted octanol–water partition coefficient (Wildman–Crippen LogP) is 3.59. The second-order valence-electron chi connectivity index (χ2n) is 9.56. The second-order valence-corrected chi connectivity index (χ2v) is 9.56. The molecule has 0 atom stereocenters. The summed E-state index contributed by atoms with van der Waals surface area (Å²) >= 11 is 0. The number of anilines is 3. The van der Waals surface area contributed by atoms with Crippen LogP contribution in [-0.2, 0) is 6.42 Å². The normalized spacial score (nSPS) is 18.2. The van der Waals surface area contributed by atoms with Crippen molar-refractivity contribution >= 4 is 17.5 Å². The van der Waals surface area contributed by atoms with Crippen LogP contribution in [0.15, 0.2) is 24.5 Å². The fourth-order valence-corrected chi connectivity index (χ4v) is 4.83. The topological polar surface area (TPSA) is 75.0 Å². The van der Waals surface area contributed by atoms with Gasteiger partial charge in [-0.15, -0.1) is 0 Å². The molecule has 3 aliphatic rings. The predicted molar refractivity (Wildman–Crippen MR) is 126 cm³/mol. The molecule has 1 N–H and O–H groups in total. The summed E-state index contributed by atoms with van der Waals surface area (Å²) in [6.07, 6.45) is 7.20. The van der Waals surface area contributed by atoms with Gasteiger partial charge in [0.25, 0.3) is 0 Å². The van der Waals surface area contributed by atoms with Crippen molar-refractivity contribution in [3.8, 4) is 11.4 Å². The van der Waals surface area contributed by atoms with Crippen LogP contribution in [-0.4, -0.2) is 62.6 Å². The van der Waals surface area contributed by atoms with Gasteiger partial charge in [-0.25, -0.2) is 19.9 Å². The molecule has 0 amide bonds. The smallest absolute Gasteiger partial charge is 0.228 e. The van der Waals surface area contributed by atoms with E-state index in [1.807, 2.05) is 18.5 Å². The lowest BCUT2D eigenvalue weighted by Gasteiger charge is -2.33. The van der Waals surface area contributed by atoms with Crippen LogP contribution in [0.4, 0.5) is 17.5 Å². The van der Waals surface area contributed by atoms with Crippen molar-refractivity contribution in [3.63, 3.8) is 0 Å². The maximum atomic E-state index is 5.02. The van der Waals surface area contributed by atoms with Gasteiger partial charge in [0.15, 0.2) is 0 Å². The molecule has 0 spiro atoms. The van der Waals surface area contributed by atoms with Crippen molar-refractivity contribution in [1.82, 2.24) is 29.4 Å². The van der Waals surface area contributed by atoms with E-state index in [9.17, 15) is 0 Å². The van der Waals surface area contributed by atoms with E-state index in [-0.39, 0.29) is 0 Å². The van der Waals surface area contributed by atoms with E-state index >= 15 is 0 Å². The van der Waals surface area contributed by atoms with Crippen molar-refractivity contribution in [3.05, 3.63) is 41.6 Å². The standard InChI is InChI=1S/C24H30N8/c1-15(2)32-22-19(27-23(32)16-4-5-16)12-17-13-26-24(29-21(17)22)28-20-7-6-18(14-25-20)31-10-8-30(3)9-11-31/h6-7,13-16H,4-5,8-12H2,1-3H3,(H,25,26,28,29). The molecular weight excluding hydrogens is 400 g/mol. The zero-order valence-corrected chi connectivity index (χ0v) is 19.0. The summed E-state index contributed by atoms with van der Waals surface area (Å²) in [6, 6.07) is 4.50. The Morgan fingerprint density at radius 2 is 1.81 bits per heavy atom. The largest absolute Gasteiger partial charge is 0.368 e. The van der Waals surface area contributed by atoms with Crippen molar-refractivity contribution in [2.24, 2.45) is 0 Å². The second kappa shape index (κ2) is 7.55. The molecule has 3 aromatic rings. The Hall–Kier alpha value is -3.00. The van der Waals surface area contributed by atoms with Crippen molar-refractivity contribution in [2.45, 2.75) is 45.1 Å². The van der Waals surface area contributed by atoms with Gasteiger partial charge in [-0.3, -0.25) is 0 Å². The third-order valence-corrected chi connectivity index (χ3v) is 6.77. The number of aromatic nitrogens is 5. The molecule has 8 heteroatoms. The van der Waals surface area contributed by atoms with Crippen molar-refractivity contribution < 1.29 is 0 Å². The molecular formula is C24H30N8. The lowest BCUT2D eigenvalue weighted by atomic mass is 10.2. The first-order valence-electron chi connectivity index (χ1n) is 11.7. The molecule has 0 aromatic carbocycles. The van der Waals surface area contributed by atoms with Crippen molar-refractivity contribution in [1.29, 1.82) is 0 Å². The van der Waals surface area contributed by atoms with Crippen LogP contribution in [0.3, 0.4) is 0 Å². The van der Waals surface area contributed by atoms with Crippen LogP contribution in [0.25, 0.3) is 11.4 Å². The summed E-state index contributed by atoms with van der Waals surface area (Å²) in [5, 5.41) is 3.30. The summed E-state index contributed by atoms with van der Waals surface area (Å²) in [5.74, 6) is 3.21. The van der Waals surface area contributed by atoms with Gasteiger partial charge >= 0.3 is 0 Å². The maximum Gasteiger partial charge on any atom is 0.228 e.